The molecule has 1 aliphatic heterocycles. The van der Waals surface area contributed by atoms with Crippen molar-refractivity contribution in [3.63, 3.8) is 0 Å². The van der Waals surface area contributed by atoms with Crippen molar-refractivity contribution < 1.29 is 4.39 Å². The lowest BCUT2D eigenvalue weighted by molar-refractivity contribution is 0.0679. The Balaban J connectivity index is 2.22. The summed E-state index contributed by atoms with van der Waals surface area (Å²) in [5.74, 6) is 0.609. The second-order valence-corrected chi connectivity index (χ2v) is 4.66. The molecular formula is C12H20FN3. The third-order valence-electron chi connectivity index (χ3n) is 3.56. The SMILES string of the molecule is CCn1ccnc1C(C)(F)C1CCCNC1. The molecule has 4 heteroatoms. The molecule has 2 rings (SSSR count). The second kappa shape index (κ2) is 4.53. The molecule has 90 valence electrons. The minimum absolute atomic E-state index is 0.0361. The molecule has 0 saturated carbocycles. The van der Waals surface area contributed by atoms with Crippen LogP contribution in [0.25, 0.3) is 0 Å². The molecule has 1 aromatic rings. The summed E-state index contributed by atoms with van der Waals surface area (Å²) in [4.78, 5) is 4.19. The van der Waals surface area contributed by atoms with Gasteiger partial charge in [-0.1, -0.05) is 0 Å². The molecule has 2 heterocycles. The largest absolute Gasteiger partial charge is 0.333 e. The lowest BCUT2D eigenvalue weighted by atomic mass is 9.84. The summed E-state index contributed by atoms with van der Waals surface area (Å²) >= 11 is 0. The highest BCUT2D eigenvalue weighted by atomic mass is 19.1. The number of rotatable bonds is 3. The van der Waals surface area contributed by atoms with Crippen molar-refractivity contribution in [3.8, 4) is 0 Å². The van der Waals surface area contributed by atoms with Crippen molar-refractivity contribution >= 4 is 0 Å². The van der Waals surface area contributed by atoms with Crippen molar-refractivity contribution in [2.45, 2.75) is 38.9 Å². The predicted molar refractivity (Wildman–Crippen MR) is 62.0 cm³/mol. The molecule has 1 aromatic heterocycles. The van der Waals surface area contributed by atoms with Crippen LogP contribution in [0.3, 0.4) is 0 Å². The first kappa shape index (κ1) is 11.6. The van der Waals surface area contributed by atoms with Crippen molar-refractivity contribution in [1.29, 1.82) is 0 Å². The van der Waals surface area contributed by atoms with Crippen LogP contribution >= 0.6 is 0 Å². The Hall–Kier alpha value is -0.900. The molecule has 16 heavy (non-hydrogen) atoms. The molecule has 0 aliphatic carbocycles. The van der Waals surface area contributed by atoms with E-state index < -0.39 is 5.67 Å². The van der Waals surface area contributed by atoms with E-state index in [0.29, 0.717) is 5.82 Å². The van der Waals surface area contributed by atoms with E-state index in [-0.39, 0.29) is 5.92 Å². The van der Waals surface area contributed by atoms with E-state index in [1.165, 1.54) is 0 Å². The summed E-state index contributed by atoms with van der Waals surface area (Å²) in [6, 6.07) is 0. The molecule has 1 saturated heterocycles. The van der Waals surface area contributed by atoms with Crippen LogP contribution in [-0.2, 0) is 12.2 Å². The maximum atomic E-state index is 14.9. The van der Waals surface area contributed by atoms with E-state index in [2.05, 4.69) is 10.3 Å². The Morgan fingerprint density at radius 2 is 2.50 bits per heavy atom. The molecule has 1 fully saturated rings. The number of hydrogen-bond donors (Lipinski definition) is 1. The molecule has 0 amide bonds. The maximum absolute atomic E-state index is 14.9. The first-order chi connectivity index (χ1) is 7.66. The monoisotopic (exact) mass is 225 g/mol. The Bertz CT molecular complexity index is 340. The topological polar surface area (TPSA) is 29.9 Å². The van der Waals surface area contributed by atoms with Gasteiger partial charge in [-0.05, 0) is 33.2 Å². The average Bonchev–Trinajstić information content (AvgIpc) is 2.79. The lowest BCUT2D eigenvalue weighted by Crippen LogP contribution is -2.41. The number of alkyl halides is 1. The summed E-state index contributed by atoms with van der Waals surface area (Å²) in [5, 5.41) is 3.26. The highest BCUT2D eigenvalue weighted by Crippen LogP contribution is 2.36. The summed E-state index contributed by atoms with van der Waals surface area (Å²) < 4.78 is 16.8. The van der Waals surface area contributed by atoms with Gasteiger partial charge in [-0.2, -0.15) is 0 Å². The Morgan fingerprint density at radius 3 is 3.12 bits per heavy atom. The Labute approximate surface area is 96.1 Å². The van der Waals surface area contributed by atoms with Crippen LogP contribution in [0.2, 0.25) is 0 Å². The smallest absolute Gasteiger partial charge is 0.169 e. The summed E-state index contributed by atoms with van der Waals surface area (Å²) in [6.07, 6.45) is 5.53. The summed E-state index contributed by atoms with van der Waals surface area (Å²) in [5.41, 5.74) is -1.33. The van der Waals surface area contributed by atoms with Gasteiger partial charge in [-0.15, -0.1) is 0 Å². The highest BCUT2D eigenvalue weighted by Gasteiger charge is 2.39. The van der Waals surface area contributed by atoms with Gasteiger partial charge in [0.15, 0.2) is 5.67 Å². The van der Waals surface area contributed by atoms with Gasteiger partial charge in [0, 0.05) is 31.4 Å². The number of nitrogens with zero attached hydrogens (tertiary/aromatic N) is 2. The number of aromatic nitrogens is 2. The van der Waals surface area contributed by atoms with Crippen LogP contribution in [-0.4, -0.2) is 22.6 Å². The number of halogens is 1. The van der Waals surface area contributed by atoms with Crippen molar-refractivity contribution in [3.05, 3.63) is 18.2 Å². The number of imidazole rings is 1. The van der Waals surface area contributed by atoms with E-state index in [4.69, 9.17) is 0 Å². The van der Waals surface area contributed by atoms with Gasteiger partial charge in [-0.3, -0.25) is 0 Å². The van der Waals surface area contributed by atoms with Crippen LogP contribution in [0.4, 0.5) is 4.39 Å². The molecule has 0 aromatic carbocycles. The molecule has 1 N–H and O–H groups in total. The maximum Gasteiger partial charge on any atom is 0.169 e. The van der Waals surface area contributed by atoms with Gasteiger partial charge >= 0.3 is 0 Å². The molecule has 0 spiro atoms. The Morgan fingerprint density at radius 1 is 1.69 bits per heavy atom. The van der Waals surface area contributed by atoms with E-state index in [0.717, 1.165) is 32.5 Å². The van der Waals surface area contributed by atoms with Gasteiger partial charge in [0.2, 0.25) is 0 Å². The first-order valence-electron chi connectivity index (χ1n) is 6.07. The van der Waals surface area contributed by atoms with E-state index >= 15 is 0 Å². The van der Waals surface area contributed by atoms with Gasteiger partial charge in [0.05, 0.1) is 0 Å². The number of piperidine rings is 1. The molecule has 0 radical (unpaired) electrons. The minimum Gasteiger partial charge on any atom is -0.333 e. The molecule has 1 aliphatic rings. The number of nitrogens with one attached hydrogen (secondary N) is 1. The zero-order chi connectivity index (χ0) is 11.6. The van der Waals surface area contributed by atoms with Crippen LogP contribution in [0.5, 0.6) is 0 Å². The van der Waals surface area contributed by atoms with E-state index in [1.54, 1.807) is 13.1 Å². The molecule has 2 atom stereocenters. The standard InChI is InChI=1S/C12H20FN3/c1-3-16-8-7-15-11(16)12(2,13)10-5-4-6-14-9-10/h7-8,10,14H,3-6,9H2,1-2H3. The van der Waals surface area contributed by atoms with Gasteiger partial charge in [-0.25, -0.2) is 9.37 Å². The quantitative estimate of drug-likeness (QED) is 0.853. The van der Waals surface area contributed by atoms with E-state index in [1.807, 2.05) is 17.7 Å². The van der Waals surface area contributed by atoms with Crippen molar-refractivity contribution in [2.75, 3.05) is 13.1 Å². The molecular weight excluding hydrogens is 205 g/mol. The van der Waals surface area contributed by atoms with Gasteiger partial charge < -0.3 is 9.88 Å². The third kappa shape index (κ3) is 1.98. The fourth-order valence-corrected chi connectivity index (χ4v) is 2.49. The van der Waals surface area contributed by atoms with Crippen LogP contribution in [0.15, 0.2) is 12.4 Å². The average molecular weight is 225 g/mol. The zero-order valence-corrected chi connectivity index (χ0v) is 10.0. The fourth-order valence-electron chi connectivity index (χ4n) is 2.49. The molecule has 2 unspecified atom stereocenters. The van der Waals surface area contributed by atoms with Gasteiger partial charge in [0.1, 0.15) is 5.82 Å². The first-order valence-corrected chi connectivity index (χ1v) is 6.07. The van der Waals surface area contributed by atoms with Crippen LogP contribution < -0.4 is 5.32 Å². The predicted octanol–water partition coefficient (Wildman–Crippen LogP) is 2.09. The Kier molecular flexibility index (Phi) is 3.28. The zero-order valence-electron chi connectivity index (χ0n) is 10.0. The van der Waals surface area contributed by atoms with Crippen LogP contribution in [0.1, 0.15) is 32.5 Å². The van der Waals surface area contributed by atoms with Crippen molar-refractivity contribution in [2.24, 2.45) is 5.92 Å². The minimum atomic E-state index is -1.33. The number of hydrogen-bond acceptors (Lipinski definition) is 2. The number of aryl methyl sites for hydroxylation is 1. The summed E-state index contributed by atoms with van der Waals surface area (Å²) in [7, 11) is 0. The molecule has 0 bridgehead atoms. The van der Waals surface area contributed by atoms with Crippen molar-refractivity contribution in [1.82, 2.24) is 14.9 Å². The van der Waals surface area contributed by atoms with E-state index in [9.17, 15) is 4.39 Å². The molecule has 3 nitrogen and oxygen atoms in total. The second-order valence-electron chi connectivity index (χ2n) is 4.66. The van der Waals surface area contributed by atoms with Gasteiger partial charge in [0.25, 0.3) is 0 Å². The normalized spacial score (nSPS) is 25.3. The van der Waals surface area contributed by atoms with Crippen LogP contribution in [0, 0.1) is 5.92 Å². The summed E-state index contributed by atoms with van der Waals surface area (Å²) in [6.45, 7) is 6.22. The third-order valence-corrected chi connectivity index (χ3v) is 3.56. The lowest BCUT2D eigenvalue weighted by Gasteiger charge is -2.33. The highest BCUT2D eigenvalue weighted by molar-refractivity contribution is 5.07. The fraction of sp³-hybridized carbons (Fsp3) is 0.750.